The third-order valence-electron chi connectivity index (χ3n) is 4.62. The number of nitrogens with one attached hydrogen (secondary N) is 2. The molecule has 0 radical (unpaired) electrons. The molecule has 0 aliphatic carbocycles. The fraction of sp³-hybridized carbons (Fsp3) is 0.381. The molecule has 4 heteroatoms. The Morgan fingerprint density at radius 1 is 0.960 bits per heavy atom. The van der Waals surface area contributed by atoms with E-state index in [1.807, 2.05) is 18.2 Å². The monoisotopic (exact) mass is 337 g/mol. The van der Waals surface area contributed by atoms with Crippen LogP contribution in [0.15, 0.2) is 48.5 Å². The van der Waals surface area contributed by atoms with E-state index in [4.69, 9.17) is 0 Å². The zero-order valence-corrected chi connectivity index (χ0v) is 14.9. The second-order valence-electron chi connectivity index (χ2n) is 6.52. The summed E-state index contributed by atoms with van der Waals surface area (Å²) in [6.07, 6.45) is 6.29. The summed E-state index contributed by atoms with van der Waals surface area (Å²) in [4.78, 5) is 3.46. The summed E-state index contributed by atoms with van der Waals surface area (Å²) in [7, 11) is 0. The lowest BCUT2D eigenvalue weighted by atomic mass is 10.1. The normalized spacial score (nSPS) is 11.1. The van der Waals surface area contributed by atoms with E-state index in [0.717, 1.165) is 23.6 Å². The molecule has 1 heterocycles. The SMILES string of the molecule is CCCCCCC[n+]1c(NCc2ccccc2[O-])[nH]c2ccccc21. The number of nitrogens with zero attached hydrogens (tertiary/aromatic N) is 1. The van der Waals surface area contributed by atoms with E-state index in [1.165, 1.54) is 37.6 Å². The molecule has 2 N–H and O–H groups in total. The number of aromatic amines is 1. The van der Waals surface area contributed by atoms with Gasteiger partial charge in [-0.25, -0.2) is 9.55 Å². The van der Waals surface area contributed by atoms with Crippen molar-refractivity contribution in [2.24, 2.45) is 0 Å². The molecule has 25 heavy (non-hydrogen) atoms. The molecular weight excluding hydrogens is 310 g/mol. The molecule has 0 fully saturated rings. The molecule has 0 amide bonds. The lowest BCUT2D eigenvalue weighted by molar-refractivity contribution is -0.657. The number of anilines is 1. The van der Waals surface area contributed by atoms with Crippen molar-refractivity contribution >= 4 is 17.0 Å². The van der Waals surface area contributed by atoms with Crippen LogP contribution in [0.4, 0.5) is 5.95 Å². The molecule has 0 spiro atoms. The van der Waals surface area contributed by atoms with Crippen molar-refractivity contribution in [3.8, 4) is 5.75 Å². The smallest absolute Gasteiger partial charge is 0.356 e. The van der Waals surface area contributed by atoms with Crippen LogP contribution in [0.5, 0.6) is 5.75 Å². The Morgan fingerprint density at radius 3 is 2.56 bits per heavy atom. The number of hydrogen-bond acceptors (Lipinski definition) is 2. The van der Waals surface area contributed by atoms with Crippen molar-refractivity contribution in [3.05, 3.63) is 54.1 Å². The van der Waals surface area contributed by atoms with Crippen molar-refractivity contribution in [1.29, 1.82) is 0 Å². The second kappa shape index (κ2) is 8.56. The molecule has 0 aliphatic rings. The van der Waals surface area contributed by atoms with Crippen LogP contribution in [0, 0.1) is 0 Å². The van der Waals surface area contributed by atoms with E-state index in [2.05, 4.69) is 40.0 Å². The lowest BCUT2D eigenvalue weighted by Crippen LogP contribution is -2.36. The van der Waals surface area contributed by atoms with E-state index in [-0.39, 0.29) is 5.75 Å². The van der Waals surface area contributed by atoms with Crippen LogP contribution in [0.2, 0.25) is 0 Å². The standard InChI is InChI=1S/C21H27N3O/c1-2-3-4-5-10-15-24-19-13-8-7-12-18(19)23-21(24)22-16-17-11-6-9-14-20(17)25/h6-9,11-14H,2-5,10,15-16H2,1H3,(H2,22,23,25). The van der Waals surface area contributed by atoms with Crippen molar-refractivity contribution in [3.63, 3.8) is 0 Å². The number of imidazole rings is 1. The van der Waals surface area contributed by atoms with Gasteiger partial charge in [-0.3, -0.25) is 5.32 Å². The van der Waals surface area contributed by atoms with Gasteiger partial charge in [0.05, 0.1) is 13.1 Å². The zero-order valence-electron chi connectivity index (χ0n) is 14.9. The molecule has 1 aromatic heterocycles. The summed E-state index contributed by atoms with van der Waals surface area (Å²) in [5.74, 6) is 1.05. The van der Waals surface area contributed by atoms with Crippen LogP contribution in [0.1, 0.15) is 44.6 Å². The van der Waals surface area contributed by atoms with Gasteiger partial charge in [0.15, 0.2) is 0 Å². The molecule has 132 valence electrons. The predicted octanol–water partition coefficient (Wildman–Crippen LogP) is 4.11. The Morgan fingerprint density at radius 2 is 1.72 bits per heavy atom. The first kappa shape index (κ1) is 17.3. The van der Waals surface area contributed by atoms with Gasteiger partial charge < -0.3 is 5.11 Å². The van der Waals surface area contributed by atoms with Crippen LogP contribution >= 0.6 is 0 Å². The minimum atomic E-state index is 0.0808. The highest BCUT2D eigenvalue weighted by atomic mass is 16.3. The number of H-pyrrole nitrogens is 1. The fourth-order valence-electron chi connectivity index (χ4n) is 3.20. The molecule has 0 saturated heterocycles. The maximum atomic E-state index is 11.9. The molecule has 0 atom stereocenters. The van der Waals surface area contributed by atoms with Crippen molar-refractivity contribution in [2.75, 3.05) is 5.32 Å². The van der Waals surface area contributed by atoms with Crippen molar-refractivity contribution in [2.45, 2.75) is 52.1 Å². The van der Waals surface area contributed by atoms with Gasteiger partial charge in [0.1, 0.15) is 11.0 Å². The molecule has 0 aliphatic heterocycles. The van der Waals surface area contributed by atoms with Crippen molar-refractivity contribution < 1.29 is 9.67 Å². The van der Waals surface area contributed by atoms with Gasteiger partial charge >= 0.3 is 5.95 Å². The Hall–Kier alpha value is -2.49. The van der Waals surface area contributed by atoms with Gasteiger partial charge in [0.25, 0.3) is 0 Å². The Kier molecular flexibility index (Phi) is 5.94. The summed E-state index contributed by atoms with van der Waals surface area (Å²) in [5, 5.41) is 15.3. The first-order valence-electron chi connectivity index (χ1n) is 9.29. The predicted molar refractivity (Wildman–Crippen MR) is 100 cm³/mol. The van der Waals surface area contributed by atoms with Gasteiger partial charge in [-0.2, -0.15) is 0 Å². The maximum Gasteiger partial charge on any atom is 0.356 e. The number of benzene rings is 2. The third kappa shape index (κ3) is 4.32. The highest BCUT2D eigenvalue weighted by Crippen LogP contribution is 2.16. The maximum absolute atomic E-state index is 11.9. The second-order valence-corrected chi connectivity index (χ2v) is 6.52. The quantitative estimate of drug-likeness (QED) is 0.456. The van der Waals surface area contributed by atoms with E-state index < -0.39 is 0 Å². The van der Waals surface area contributed by atoms with E-state index in [1.54, 1.807) is 12.1 Å². The van der Waals surface area contributed by atoms with E-state index in [0.29, 0.717) is 6.54 Å². The third-order valence-corrected chi connectivity index (χ3v) is 4.62. The highest BCUT2D eigenvalue weighted by Gasteiger charge is 2.16. The molecule has 4 nitrogen and oxygen atoms in total. The summed E-state index contributed by atoms with van der Waals surface area (Å²) in [6.45, 7) is 3.75. The summed E-state index contributed by atoms with van der Waals surface area (Å²) >= 11 is 0. The fourth-order valence-corrected chi connectivity index (χ4v) is 3.20. The number of hydrogen-bond donors (Lipinski definition) is 2. The van der Waals surface area contributed by atoms with Crippen LogP contribution in [0.25, 0.3) is 11.0 Å². The average molecular weight is 337 g/mol. The molecule has 0 saturated carbocycles. The number of aryl methyl sites for hydroxylation is 1. The molecule has 0 unspecified atom stereocenters. The average Bonchev–Trinajstić information content (AvgIpc) is 2.99. The number of para-hydroxylation sites is 3. The minimum absolute atomic E-state index is 0.0808. The summed E-state index contributed by atoms with van der Waals surface area (Å²) < 4.78 is 2.30. The van der Waals surface area contributed by atoms with E-state index in [9.17, 15) is 5.11 Å². The van der Waals surface area contributed by atoms with Crippen LogP contribution < -0.4 is 15.0 Å². The summed E-state index contributed by atoms with van der Waals surface area (Å²) in [5.41, 5.74) is 3.11. The van der Waals surface area contributed by atoms with Crippen LogP contribution in [-0.2, 0) is 13.1 Å². The molecule has 3 aromatic rings. The Bertz CT molecular complexity index is 810. The zero-order chi connectivity index (χ0) is 17.5. The molecule has 0 bridgehead atoms. The van der Waals surface area contributed by atoms with Gasteiger partial charge in [-0.05, 0) is 24.1 Å². The first-order valence-corrected chi connectivity index (χ1v) is 9.29. The molecule has 3 rings (SSSR count). The van der Waals surface area contributed by atoms with Gasteiger partial charge in [-0.15, -0.1) is 5.75 Å². The van der Waals surface area contributed by atoms with Gasteiger partial charge in [0.2, 0.25) is 0 Å². The van der Waals surface area contributed by atoms with Crippen LogP contribution in [0.3, 0.4) is 0 Å². The molecular formula is C21H27N3O. The van der Waals surface area contributed by atoms with E-state index >= 15 is 0 Å². The Balaban J connectivity index is 1.74. The lowest BCUT2D eigenvalue weighted by Gasteiger charge is -2.11. The number of fused-ring (bicyclic) bond motifs is 1. The number of rotatable bonds is 9. The van der Waals surface area contributed by atoms with Crippen molar-refractivity contribution in [1.82, 2.24) is 4.98 Å². The highest BCUT2D eigenvalue weighted by molar-refractivity contribution is 5.72. The first-order chi connectivity index (χ1) is 12.3. The largest absolute Gasteiger partial charge is 0.872 e. The van der Waals surface area contributed by atoms with Crippen LogP contribution in [-0.4, -0.2) is 4.98 Å². The van der Waals surface area contributed by atoms with Gasteiger partial charge in [0, 0.05) is 0 Å². The molecule has 2 aromatic carbocycles. The van der Waals surface area contributed by atoms with Gasteiger partial charge in [-0.1, -0.05) is 69.0 Å². The minimum Gasteiger partial charge on any atom is -0.872 e. The number of unbranched alkanes of at least 4 members (excludes halogenated alkanes) is 4. The topological polar surface area (TPSA) is 54.8 Å². The number of aromatic nitrogens is 2. The Labute approximate surface area is 149 Å². The summed E-state index contributed by atoms with van der Waals surface area (Å²) in [6, 6.07) is 15.5.